The number of aryl methyl sites for hydroxylation is 1. The van der Waals surface area contributed by atoms with Crippen LogP contribution in [0.25, 0.3) is 6.08 Å². The molecule has 0 radical (unpaired) electrons. The van der Waals surface area contributed by atoms with Crippen LogP contribution in [0.1, 0.15) is 75.9 Å². The van der Waals surface area contributed by atoms with Gasteiger partial charge in [-0.15, -0.1) is 0 Å². The van der Waals surface area contributed by atoms with Crippen molar-refractivity contribution in [1.82, 2.24) is 0 Å². The van der Waals surface area contributed by atoms with Gasteiger partial charge in [0.05, 0.1) is 11.7 Å². The Morgan fingerprint density at radius 2 is 1.94 bits per heavy atom. The predicted molar refractivity (Wildman–Crippen MR) is 122 cm³/mol. The van der Waals surface area contributed by atoms with Gasteiger partial charge in [-0.3, -0.25) is 4.79 Å². The third-order valence-corrected chi connectivity index (χ3v) is 8.37. The van der Waals surface area contributed by atoms with Crippen LogP contribution in [0.3, 0.4) is 0 Å². The van der Waals surface area contributed by atoms with Gasteiger partial charge in [-0.2, -0.15) is 0 Å². The molecule has 5 atom stereocenters. The number of nitrogens with two attached hydrogens (primary N) is 1. The minimum Gasteiger partial charge on any atom is -0.478 e. The van der Waals surface area contributed by atoms with Crippen molar-refractivity contribution in [3.05, 3.63) is 75.9 Å². The molecule has 1 unspecified atom stereocenters. The molecule has 0 aromatic heterocycles. The van der Waals surface area contributed by atoms with Gasteiger partial charge in [-0.25, -0.2) is 4.79 Å². The lowest BCUT2D eigenvalue weighted by atomic mass is 9.55. The number of fused-ring (bicyclic) bond motifs is 5. The van der Waals surface area contributed by atoms with Crippen molar-refractivity contribution in [2.24, 2.45) is 23.0 Å². The van der Waals surface area contributed by atoms with E-state index in [2.05, 4.69) is 6.92 Å². The molecule has 166 valence electrons. The van der Waals surface area contributed by atoms with Gasteiger partial charge in [0.25, 0.3) is 0 Å². The Labute approximate surface area is 188 Å². The van der Waals surface area contributed by atoms with Crippen molar-refractivity contribution in [3.63, 3.8) is 0 Å². The third kappa shape index (κ3) is 3.27. The monoisotopic (exact) mass is 431 g/mol. The lowest BCUT2D eigenvalue weighted by Gasteiger charge is -2.49. The number of hydrogen-bond acceptors (Lipinski definition) is 3. The number of amides is 1. The first-order chi connectivity index (χ1) is 15.3. The van der Waals surface area contributed by atoms with Crippen molar-refractivity contribution in [3.8, 4) is 0 Å². The Hall–Kier alpha value is -2.92. The molecule has 5 heteroatoms. The molecule has 2 aromatic carbocycles. The minimum absolute atomic E-state index is 0.160. The number of primary amides is 1. The van der Waals surface area contributed by atoms with Crippen LogP contribution in [-0.2, 0) is 6.42 Å². The van der Waals surface area contributed by atoms with Gasteiger partial charge < -0.3 is 15.9 Å². The number of carbonyl (C=O) groups is 2. The molecular formula is C27H29NO4. The van der Waals surface area contributed by atoms with Gasteiger partial charge in [0, 0.05) is 11.0 Å². The number of aliphatic hydroxyl groups is 1. The summed E-state index contributed by atoms with van der Waals surface area (Å²) in [6.07, 6.45) is 6.25. The summed E-state index contributed by atoms with van der Waals surface area (Å²) in [6, 6.07) is 12.9. The summed E-state index contributed by atoms with van der Waals surface area (Å²) in [5.74, 6) is -0.0409. The maximum atomic E-state index is 11.5. The summed E-state index contributed by atoms with van der Waals surface area (Å²) in [5.41, 5.74) is 10.5. The number of carboxylic acids is 1. The fourth-order valence-corrected chi connectivity index (χ4v) is 6.71. The van der Waals surface area contributed by atoms with Crippen molar-refractivity contribution >= 4 is 18.0 Å². The molecule has 0 spiro atoms. The fourth-order valence-electron chi connectivity index (χ4n) is 6.71. The summed E-state index contributed by atoms with van der Waals surface area (Å²) in [5, 5.41) is 20.7. The van der Waals surface area contributed by atoms with Crippen molar-refractivity contribution in [1.29, 1.82) is 0 Å². The van der Waals surface area contributed by atoms with Crippen LogP contribution in [0, 0.1) is 17.3 Å². The number of rotatable bonds is 3. The quantitative estimate of drug-likeness (QED) is 0.671. The summed E-state index contributed by atoms with van der Waals surface area (Å²) in [4.78, 5) is 22.9. The Morgan fingerprint density at radius 1 is 1.12 bits per heavy atom. The van der Waals surface area contributed by atoms with Crippen LogP contribution >= 0.6 is 0 Å². The molecule has 32 heavy (non-hydrogen) atoms. The number of benzene rings is 2. The maximum Gasteiger partial charge on any atom is 0.335 e. The molecule has 1 amide bonds. The number of carbonyl (C=O) groups excluding carboxylic acids is 1. The molecule has 2 saturated carbocycles. The number of aromatic carboxylic acids is 1. The van der Waals surface area contributed by atoms with Gasteiger partial charge in [0.15, 0.2) is 0 Å². The molecule has 3 aliphatic carbocycles. The van der Waals surface area contributed by atoms with Gasteiger partial charge >= 0.3 is 5.97 Å². The molecule has 0 bridgehead atoms. The number of carboxylic acid groups (broad SMARTS) is 1. The van der Waals surface area contributed by atoms with E-state index < -0.39 is 18.0 Å². The highest BCUT2D eigenvalue weighted by Crippen LogP contribution is 2.62. The van der Waals surface area contributed by atoms with E-state index in [1.165, 1.54) is 11.1 Å². The lowest BCUT2D eigenvalue weighted by Crippen LogP contribution is -2.44. The molecule has 5 rings (SSSR count). The average Bonchev–Trinajstić information content (AvgIpc) is 3.03. The molecule has 3 aliphatic rings. The molecule has 5 nitrogen and oxygen atoms in total. The first-order valence-electron chi connectivity index (χ1n) is 11.4. The van der Waals surface area contributed by atoms with Crippen molar-refractivity contribution in [2.75, 3.05) is 0 Å². The first kappa shape index (κ1) is 21.0. The SMILES string of the molecule is C[C@]12CC[C@@H]3c4ccc(C(=O)O)cc4CC[C@H]3[C@@H]1C/C(=C\c1cccc(C(N)=O)c1)C2O. The highest BCUT2D eigenvalue weighted by Gasteiger charge is 2.56. The molecule has 2 aromatic rings. The Bertz CT molecular complexity index is 1140. The van der Waals surface area contributed by atoms with E-state index >= 15 is 0 Å². The zero-order chi connectivity index (χ0) is 22.6. The maximum absolute atomic E-state index is 11.5. The smallest absolute Gasteiger partial charge is 0.335 e. The molecule has 0 saturated heterocycles. The van der Waals surface area contributed by atoms with Crippen LogP contribution in [0.15, 0.2) is 48.0 Å². The average molecular weight is 432 g/mol. The number of hydrogen-bond donors (Lipinski definition) is 3. The summed E-state index contributed by atoms with van der Waals surface area (Å²) in [6.45, 7) is 2.22. The summed E-state index contributed by atoms with van der Waals surface area (Å²) >= 11 is 0. The Morgan fingerprint density at radius 3 is 2.69 bits per heavy atom. The second-order valence-electron chi connectivity index (χ2n) is 9.99. The predicted octanol–water partition coefficient (Wildman–Crippen LogP) is 4.39. The summed E-state index contributed by atoms with van der Waals surface area (Å²) in [7, 11) is 0. The van der Waals surface area contributed by atoms with E-state index in [-0.39, 0.29) is 5.41 Å². The number of aliphatic hydroxyl groups excluding tert-OH is 1. The first-order valence-corrected chi connectivity index (χ1v) is 11.4. The van der Waals surface area contributed by atoms with Gasteiger partial charge in [0.2, 0.25) is 5.91 Å². The van der Waals surface area contributed by atoms with Crippen LogP contribution in [0.2, 0.25) is 0 Å². The van der Waals surface area contributed by atoms with E-state index in [1.54, 1.807) is 18.2 Å². The molecule has 2 fully saturated rings. The van der Waals surface area contributed by atoms with Crippen molar-refractivity contribution in [2.45, 2.75) is 51.0 Å². The summed E-state index contributed by atoms with van der Waals surface area (Å²) < 4.78 is 0. The van der Waals surface area contributed by atoms with Crippen LogP contribution in [0.5, 0.6) is 0 Å². The second kappa shape index (κ2) is 7.59. The molecule has 0 aliphatic heterocycles. The zero-order valence-electron chi connectivity index (χ0n) is 18.3. The molecular weight excluding hydrogens is 402 g/mol. The Balaban J connectivity index is 1.45. The third-order valence-electron chi connectivity index (χ3n) is 8.37. The second-order valence-corrected chi connectivity index (χ2v) is 9.99. The van der Waals surface area contributed by atoms with E-state index in [1.807, 2.05) is 30.3 Å². The standard InChI is InChI=1S/C27H29NO4/c1-27-10-9-21-20-7-6-18(26(31)32)13-16(20)5-8-22(21)23(27)14-19(24(27)29)12-15-3-2-4-17(11-15)25(28)30/h2-4,6-7,11-13,21-24,29H,5,8-10,14H2,1H3,(H2,28,30)(H,31,32)/b19-12+/t21-,22-,23+,24?,27+/m1/s1. The van der Waals surface area contributed by atoms with Crippen LogP contribution in [-0.4, -0.2) is 28.2 Å². The van der Waals surface area contributed by atoms with Crippen LogP contribution < -0.4 is 5.73 Å². The van der Waals surface area contributed by atoms with Crippen LogP contribution in [0.4, 0.5) is 0 Å². The molecule has 0 heterocycles. The lowest BCUT2D eigenvalue weighted by molar-refractivity contribution is -0.0158. The van der Waals surface area contributed by atoms with E-state index in [0.29, 0.717) is 28.9 Å². The van der Waals surface area contributed by atoms with Crippen molar-refractivity contribution < 1.29 is 19.8 Å². The van der Waals surface area contributed by atoms with Gasteiger partial charge in [0.1, 0.15) is 0 Å². The normalized spacial score (nSPS) is 32.1. The zero-order valence-corrected chi connectivity index (χ0v) is 18.3. The van der Waals surface area contributed by atoms with E-state index in [0.717, 1.165) is 43.2 Å². The van der Waals surface area contributed by atoms with Gasteiger partial charge in [-0.05, 0) is 96.4 Å². The fraction of sp³-hybridized carbons (Fsp3) is 0.407. The highest BCUT2D eigenvalue weighted by molar-refractivity contribution is 5.93. The topological polar surface area (TPSA) is 101 Å². The minimum atomic E-state index is -0.875. The largest absolute Gasteiger partial charge is 0.478 e. The van der Waals surface area contributed by atoms with E-state index in [9.17, 15) is 19.8 Å². The molecule has 4 N–H and O–H groups in total. The van der Waals surface area contributed by atoms with E-state index in [4.69, 9.17) is 5.73 Å². The Kier molecular flexibility index (Phi) is 4.97. The van der Waals surface area contributed by atoms with Gasteiger partial charge in [-0.1, -0.05) is 31.2 Å². The highest BCUT2D eigenvalue weighted by atomic mass is 16.4.